The van der Waals surface area contributed by atoms with Gasteiger partial charge in [-0.05, 0) is 25.0 Å². The lowest BCUT2D eigenvalue weighted by atomic mass is 9.93. The molecule has 0 spiro atoms. The van der Waals surface area contributed by atoms with E-state index in [-0.39, 0.29) is 12.5 Å². The minimum atomic E-state index is -0.910. The van der Waals surface area contributed by atoms with E-state index in [1.807, 2.05) is 49.7 Å². The number of rotatable bonds is 5. The summed E-state index contributed by atoms with van der Waals surface area (Å²) in [5, 5.41) is 6.82. The fraction of sp³-hybridized carbons (Fsp3) is 0.412. The molecule has 2 aromatic rings. The van der Waals surface area contributed by atoms with E-state index in [9.17, 15) is 14.4 Å². The van der Waals surface area contributed by atoms with Crippen molar-refractivity contribution in [3.63, 3.8) is 0 Å². The topological polar surface area (TPSA) is 95.8 Å². The van der Waals surface area contributed by atoms with E-state index in [2.05, 4.69) is 15.8 Å². The Morgan fingerprint density at radius 3 is 2.58 bits per heavy atom. The van der Waals surface area contributed by atoms with Crippen LogP contribution in [0.1, 0.15) is 26.7 Å². The van der Waals surface area contributed by atoms with Gasteiger partial charge >= 0.3 is 6.03 Å². The Labute approximate surface area is 154 Å². The van der Waals surface area contributed by atoms with Gasteiger partial charge in [-0.1, -0.05) is 37.3 Å². The zero-order chi connectivity index (χ0) is 18.9. The fourth-order valence-electron chi connectivity index (χ4n) is 3.03. The van der Waals surface area contributed by atoms with Crippen molar-refractivity contribution in [3.05, 3.63) is 29.1 Å². The minimum absolute atomic E-state index is 0.357. The molecule has 0 bridgehead atoms. The van der Waals surface area contributed by atoms with Gasteiger partial charge in [0.05, 0.1) is 10.2 Å². The number of hydrogen-bond acceptors (Lipinski definition) is 5. The number of carbonyl (C=O) groups is 3. The van der Waals surface area contributed by atoms with Crippen LogP contribution in [0.15, 0.2) is 29.4 Å². The van der Waals surface area contributed by atoms with Crippen LogP contribution in [-0.2, 0) is 16.6 Å². The second-order valence-corrected chi connectivity index (χ2v) is 7.18. The first-order valence-electron chi connectivity index (χ1n) is 8.43. The maximum atomic E-state index is 12.5. The van der Waals surface area contributed by atoms with E-state index in [1.54, 1.807) is 0 Å². The predicted octanol–water partition coefficient (Wildman–Crippen LogP) is 1.28. The highest BCUT2D eigenvalue weighted by Crippen LogP contribution is 2.24. The average molecular weight is 375 g/mol. The summed E-state index contributed by atoms with van der Waals surface area (Å²) in [5.41, 5.74) is 2.53. The summed E-state index contributed by atoms with van der Waals surface area (Å²) in [7, 11) is 1.86. The van der Waals surface area contributed by atoms with Crippen molar-refractivity contribution in [1.29, 1.82) is 0 Å². The van der Waals surface area contributed by atoms with Gasteiger partial charge in [0.15, 0.2) is 0 Å². The number of aryl methyl sites for hydroxylation is 1. The Balaban J connectivity index is 1.74. The molecule has 0 saturated carbocycles. The lowest BCUT2D eigenvalue weighted by Gasteiger charge is -2.22. The van der Waals surface area contributed by atoms with E-state index in [0.717, 1.165) is 15.1 Å². The maximum absolute atomic E-state index is 12.5. The summed E-state index contributed by atoms with van der Waals surface area (Å²) >= 11 is 1.44. The Hall–Kier alpha value is -2.68. The van der Waals surface area contributed by atoms with Gasteiger partial charge in [0.2, 0.25) is 4.80 Å². The summed E-state index contributed by atoms with van der Waals surface area (Å²) in [4.78, 5) is 38.4. The van der Waals surface area contributed by atoms with Crippen molar-refractivity contribution >= 4 is 39.4 Å². The molecule has 1 saturated heterocycles. The number of imide groups is 1. The van der Waals surface area contributed by atoms with Crippen LogP contribution in [0.4, 0.5) is 4.79 Å². The highest BCUT2D eigenvalue weighted by Gasteiger charge is 2.49. The van der Waals surface area contributed by atoms with Gasteiger partial charge in [-0.15, -0.1) is 5.10 Å². The molecule has 9 heteroatoms. The van der Waals surface area contributed by atoms with Crippen LogP contribution in [0.25, 0.3) is 10.2 Å². The van der Waals surface area contributed by atoms with E-state index >= 15 is 0 Å². The third-order valence-corrected chi connectivity index (χ3v) is 5.86. The molecule has 0 atom stereocenters. The summed E-state index contributed by atoms with van der Waals surface area (Å²) in [6, 6.07) is 7.27. The number of benzene rings is 1. The summed E-state index contributed by atoms with van der Waals surface area (Å²) in [6.07, 6.45) is 0.961. The number of nitrogens with zero attached hydrogens (tertiary/aromatic N) is 3. The van der Waals surface area contributed by atoms with E-state index in [4.69, 9.17) is 0 Å². The van der Waals surface area contributed by atoms with Crippen molar-refractivity contribution in [2.75, 3.05) is 6.54 Å². The zero-order valence-electron chi connectivity index (χ0n) is 14.9. The Bertz CT molecular complexity index is 941. The van der Waals surface area contributed by atoms with Gasteiger partial charge in [-0.25, -0.2) is 10.2 Å². The van der Waals surface area contributed by atoms with Crippen LogP contribution >= 0.6 is 11.3 Å². The SMILES string of the molecule is CCC1(CC)NC(=O)N(CC(=O)N/N=c2/sc3ccccc3n2C)C1=O. The van der Waals surface area contributed by atoms with Gasteiger partial charge < -0.3 is 9.88 Å². The number of para-hydroxylation sites is 1. The number of urea groups is 1. The van der Waals surface area contributed by atoms with Gasteiger partial charge in [0, 0.05) is 7.05 Å². The van der Waals surface area contributed by atoms with Crippen molar-refractivity contribution in [1.82, 2.24) is 20.2 Å². The first-order valence-corrected chi connectivity index (χ1v) is 9.24. The smallest absolute Gasteiger partial charge is 0.323 e. The second kappa shape index (κ2) is 6.91. The number of nitrogens with one attached hydrogen (secondary N) is 2. The Morgan fingerprint density at radius 1 is 1.27 bits per heavy atom. The summed E-state index contributed by atoms with van der Waals surface area (Å²) in [6.45, 7) is 3.31. The normalized spacial score (nSPS) is 17.0. The first-order chi connectivity index (χ1) is 12.4. The zero-order valence-corrected chi connectivity index (χ0v) is 15.7. The molecule has 0 radical (unpaired) electrons. The quantitative estimate of drug-likeness (QED) is 0.609. The Kier molecular flexibility index (Phi) is 4.82. The van der Waals surface area contributed by atoms with Crippen molar-refractivity contribution in [2.24, 2.45) is 12.1 Å². The molecule has 1 aliphatic heterocycles. The van der Waals surface area contributed by atoms with Gasteiger partial charge in [0.1, 0.15) is 12.1 Å². The summed E-state index contributed by atoms with van der Waals surface area (Å²) < 4.78 is 2.92. The molecule has 3 rings (SSSR count). The number of carbonyl (C=O) groups excluding carboxylic acids is 3. The Morgan fingerprint density at radius 2 is 1.96 bits per heavy atom. The van der Waals surface area contributed by atoms with Crippen LogP contribution in [0.3, 0.4) is 0 Å². The first kappa shape index (κ1) is 18.1. The van der Waals surface area contributed by atoms with Crippen LogP contribution in [0.5, 0.6) is 0 Å². The molecule has 2 heterocycles. The number of fused-ring (bicyclic) bond motifs is 1. The highest BCUT2D eigenvalue weighted by molar-refractivity contribution is 7.16. The molecular weight excluding hydrogens is 354 g/mol. The molecule has 1 aromatic heterocycles. The predicted molar refractivity (Wildman–Crippen MR) is 98.1 cm³/mol. The van der Waals surface area contributed by atoms with Crippen LogP contribution in [0, 0.1) is 0 Å². The summed E-state index contributed by atoms with van der Waals surface area (Å²) in [5.74, 6) is -0.885. The molecule has 4 amide bonds. The molecular formula is C17H21N5O3S. The lowest BCUT2D eigenvalue weighted by molar-refractivity contribution is -0.135. The monoisotopic (exact) mass is 375 g/mol. The molecule has 0 aliphatic carbocycles. The standard InChI is InChI=1S/C17H21N5O3S/c1-4-17(5-2)14(24)22(15(25)18-17)10-13(23)19-20-16-21(3)11-8-6-7-9-12(11)26-16/h6-9H,4-5,10H2,1-3H3,(H,18,25)(H,19,23)/b20-16+. The average Bonchev–Trinajstić information content (AvgIpc) is 3.09. The third kappa shape index (κ3) is 2.98. The van der Waals surface area contributed by atoms with Gasteiger partial charge in [0.25, 0.3) is 11.8 Å². The maximum Gasteiger partial charge on any atom is 0.325 e. The van der Waals surface area contributed by atoms with E-state index < -0.39 is 17.5 Å². The lowest BCUT2D eigenvalue weighted by Crippen LogP contribution is -2.46. The molecule has 138 valence electrons. The van der Waals surface area contributed by atoms with Crippen molar-refractivity contribution in [2.45, 2.75) is 32.2 Å². The van der Waals surface area contributed by atoms with Crippen LogP contribution in [-0.4, -0.2) is 39.4 Å². The second-order valence-electron chi connectivity index (χ2n) is 6.17. The molecule has 26 heavy (non-hydrogen) atoms. The van der Waals surface area contributed by atoms with E-state index in [0.29, 0.717) is 17.6 Å². The number of hydrogen-bond donors (Lipinski definition) is 2. The molecule has 1 aromatic carbocycles. The van der Waals surface area contributed by atoms with Crippen LogP contribution in [0.2, 0.25) is 0 Å². The molecule has 8 nitrogen and oxygen atoms in total. The minimum Gasteiger partial charge on any atom is -0.323 e. The largest absolute Gasteiger partial charge is 0.325 e. The van der Waals surface area contributed by atoms with Crippen molar-refractivity contribution in [3.8, 4) is 0 Å². The third-order valence-electron chi connectivity index (χ3n) is 4.75. The van der Waals surface area contributed by atoms with Crippen molar-refractivity contribution < 1.29 is 14.4 Å². The fourth-order valence-corrected chi connectivity index (χ4v) is 4.01. The molecule has 2 N–H and O–H groups in total. The van der Waals surface area contributed by atoms with Crippen LogP contribution < -0.4 is 15.5 Å². The number of thiazole rings is 1. The molecule has 1 fully saturated rings. The molecule has 0 unspecified atom stereocenters. The van der Waals surface area contributed by atoms with E-state index in [1.165, 1.54) is 11.3 Å². The number of aromatic nitrogens is 1. The van der Waals surface area contributed by atoms with Gasteiger partial charge in [-0.2, -0.15) is 0 Å². The van der Waals surface area contributed by atoms with Gasteiger partial charge in [-0.3, -0.25) is 14.5 Å². The molecule has 1 aliphatic rings. The highest BCUT2D eigenvalue weighted by atomic mass is 32.1. The number of amides is 4.